The Morgan fingerprint density at radius 2 is 1.96 bits per heavy atom. The molecule has 0 saturated carbocycles. The quantitative estimate of drug-likeness (QED) is 0.820. The third kappa shape index (κ3) is 3.15. The summed E-state index contributed by atoms with van der Waals surface area (Å²) in [5.41, 5.74) is 2.03. The Morgan fingerprint density at radius 1 is 1.33 bits per heavy atom. The van der Waals surface area contributed by atoms with Crippen molar-refractivity contribution >= 4 is 17.7 Å². The minimum atomic E-state index is -0.658. The topological polar surface area (TPSA) is 76.7 Å². The van der Waals surface area contributed by atoms with Gasteiger partial charge in [-0.15, -0.1) is 0 Å². The number of aryl methyl sites for hydroxylation is 1. The van der Waals surface area contributed by atoms with Gasteiger partial charge in [0.1, 0.15) is 17.0 Å². The minimum absolute atomic E-state index is 0.0225. The van der Waals surface area contributed by atoms with Crippen LogP contribution in [0, 0.1) is 6.92 Å². The highest BCUT2D eigenvalue weighted by Crippen LogP contribution is 2.54. The summed E-state index contributed by atoms with van der Waals surface area (Å²) < 4.78 is 11.7. The van der Waals surface area contributed by atoms with E-state index < -0.39 is 22.7 Å². The van der Waals surface area contributed by atoms with Gasteiger partial charge >= 0.3 is 6.09 Å². The zero-order valence-electron chi connectivity index (χ0n) is 17.5. The summed E-state index contributed by atoms with van der Waals surface area (Å²) in [7, 11) is 0. The molecule has 2 atom stereocenters. The highest BCUT2D eigenvalue weighted by atomic mass is 16.6. The van der Waals surface area contributed by atoms with Gasteiger partial charge < -0.3 is 20.1 Å². The van der Waals surface area contributed by atoms with Crippen LogP contribution in [0.2, 0.25) is 0 Å². The SMILES string of the molecule is Cc1cc2c(c3c1NC(=O)C3(C)C)O[C@@](C)(CNC(=O)OC(C)(C)C)[C@@H]2C. The van der Waals surface area contributed by atoms with E-state index in [1.165, 1.54) is 0 Å². The highest BCUT2D eigenvalue weighted by molar-refractivity contribution is 6.07. The first-order valence-corrected chi connectivity index (χ1v) is 9.41. The van der Waals surface area contributed by atoms with Gasteiger partial charge in [0.25, 0.3) is 0 Å². The van der Waals surface area contributed by atoms with Crippen LogP contribution in [0.15, 0.2) is 6.07 Å². The number of amides is 2. The van der Waals surface area contributed by atoms with Crippen LogP contribution in [0.1, 0.15) is 71.1 Å². The molecule has 0 aliphatic carbocycles. The second-order valence-corrected chi connectivity index (χ2v) is 9.43. The lowest BCUT2D eigenvalue weighted by atomic mass is 9.81. The van der Waals surface area contributed by atoms with E-state index in [0.717, 1.165) is 28.1 Å². The molecule has 2 heterocycles. The number of anilines is 1. The Labute approximate surface area is 161 Å². The summed E-state index contributed by atoms with van der Waals surface area (Å²) >= 11 is 0. The van der Waals surface area contributed by atoms with Crippen molar-refractivity contribution in [3.05, 3.63) is 22.8 Å². The summed E-state index contributed by atoms with van der Waals surface area (Å²) in [5.74, 6) is 0.795. The number of fused-ring (bicyclic) bond motifs is 3. The van der Waals surface area contributed by atoms with Crippen LogP contribution in [-0.2, 0) is 14.9 Å². The smallest absolute Gasteiger partial charge is 0.407 e. The van der Waals surface area contributed by atoms with Crippen molar-refractivity contribution in [1.82, 2.24) is 5.32 Å². The number of nitrogens with one attached hydrogen (secondary N) is 2. The first-order valence-electron chi connectivity index (χ1n) is 9.41. The molecule has 0 unspecified atom stereocenters. The monoisotopic (exact) mass is 374 g/mol. The van der Waals surface area contributed by atoms with Gasteiger partial charge in [0.15, 0.2) is 0 Å². The maximum Gasteiger partial charge on any atom is 0.407 e. The molecular formula is C21H30N2O4. The van der Waals surface area contributed by atoms with Crippen molar-refractivity contribution < 1.29 is 19.1 Å². The van der Waals surface area contributed by atoms with Gasteiger partial charge in [0.2, 0.25) is 5.91 Å². The number of rotatable bonds is 2. The van der Waals surface area contributed by atoms with E-state index >= 15 is 0 Å². The van der Waals surface area contributed by atoms with Gasteiger partial charge in [-0.1, -0.05) is 6.92 Å². The number of hydrogen-bond donors (Lipinski definition) is 2. The summed E-state index contributed by atoms with van der Waals surface area (Å²) in [4.78, 5) is 24.5. The Morgan fingerprint density at radius 3 is 2.56 bits per heavy atom. The predicted octanol–water partition coefficient (Wildman–Crippen LogP) is 4.00. The molecule has 2 aliphatic heterocycles. The lowest BCUT2D eigenvalue weighted by molar-refractivity contribution is -0.119. The van der Waals surface area contributed by atoms with E-state index in [1.54, 1.807) is 0 Å². The van der Waals surface area contributed by atoms with E-state index in [4.69, 9.17) is 9.47 Å². The minimum Gasteiger partial charge on any atom is -0.484 e. The number of hydrogen-bond acceptors (Lipinski definition) is 4. The lowest BCUT2D eigenvalue weighted by Gasteiger charge is -2.30. The highest BCUT2D eigenvalue weighted by Gasteiger charge is 2.50. The van der Waals surface area contributed by atoms with E-state index in [-0.39, 0.29) is 11.8 Å². The molecule has 3 rings (SSSR count). The molecule has 0 bridgehead atoms. The van der Waals surface area contributed by atoms with Crippen molar-refractivity contribution in [2.45, 2.75) is 77.9 Å². The zero-order chi connectivity index (χ0) is 20.4. The number of ether oxygens (including phenoxy) is 2. The average Bonchev–Trinajstić information content (AvgIpc) is 2.90. The molecule has 2 amide bonds. The van der Waals surface area contributed by atoms with Gasteiger partial charge in [-0.2, -0.15) is 0 Å². The van der Waals surface area contributed by atoms with Crippen LogP contribution >= 0.6 is 0 Å². The second-order valence-electron chi connectivity index (χ2n) is 9.43. The van der Waals surface area contributed by atoms with Crippen LogP contribution in [-0.4, -0.2) is 29.7 Å². The molecule has 0 fully saturated rings. The molecular weight excluding hydrogens is 344 g/mol. The van der Waals surface area contributed by atoms with Gasteiger partial charge in [-0.25, -0.2) is 4.79 Å². The largest absolute Gasteiger partial charge is 0.484 e. The summed E-state index contributed by atoms with van der Waals surface area (Å²) in [6.45, 7) is 15.7. The maximum absolute atomic E-state index is 12.5. The Hall–Kier alpha value is -2.24. The molecule has 0 radical (unpaired) electrons. The summed E-state index contributed by atoms with van der Waals surface area (Å²) in [5, 5.41) is 5.83. The first-order chi connectivity index (χ1) is 12.3. The van der Waals surface area contributed by atoms with Crippen LogP contribution in [0.3, 0.4) is 0 Å². The molecule has 6 nitrogen and oxygen atoms in total. The van der Waals surface area contributed by atoms with Crippen molar-refractivity contribution in [2.75, 3.05) is 11.9 Å². The Bertz CT molecular complexity index is 822. The number of carbonyl (C=O) groups is 2. The fraction of sp³-hybridized carbons (Fsp3) is 0.619. The average molecular weight is 374 g/mol. The number of benzene rings is 1. The molecule has 148 valence electrons. The lowest BCUT2D eigenvalue weighted by Crippen LogP contribution is -2.47. The van der Waals surface area contributed by atoms with Crippen LogP contribution in [0.25, 0.3) is 0 Å². The molecule has 2 aliphatic rings. The summed E-state index contributed by atoms with van der Waals surface area (Å²) in [6.07, 6.45) is -0.464. The van der Waals surface area contributed by atoms with E-state index in [1.807, 2.05) is 48.5 Å². The molecule has 0 saturated heterocycles. The Balaban J connectivity index is 1.90. The van der Waals surface area contributed by atoms with Gasteiger partial charge in [0, 0.05) is 17.0 Å². The van der Waals surface area contributed by atoms with E-state index in [2.05, 4.69) is 23.6 Å². The molecule has 0 aromatic heterocycles. The maximum atomic E-state index is 12.5. The van der Waals surface area contributed by atoms with Crippen LogP contribution in [0.5, 0.6) is 5.75 Å². The van der Waals surface area contributed by atoms with Crippen molar-refractivity contribution in [2.24, 2.45) is 0 Å². The van der Waals surface area contributed by atoms with Crippen molar-refractivity contribution in [3.8, 4) is 5.75 Å². The van der Waals surface area contributed by atoms with Gasteiger partial charge in [0.05, 0.1) is 17.6 Å². The van der Waals surface area contributed by atoms with Crippen LogP contribution < -0.4 is 15.4 Å². The molecule has 2 N–H and O–H groups in total. The molecule has 1 aromatic rings. The summed E-state index contributed by atoms with van der Waals surface area (Å²) in [6, 6.07) is 2.08. The molecule has 6 heteroatoms. The number of carbonyl (C=O) groups excluding carboxylic acids is 2. The van der Waals surface area contributed by atoms with Crippen molar-refractivity contribution in [1.29, 1.82) is 0 Å². The molecule has 27 heavy (non-hydrogen) atoms. The third-order valence-electron chi connectivity index (χ3n) is 5.64. The zero-order valence-corrected chi connectivity index (χ0v) is 17.5. The first kappa shape index (κ1) is 19.5. The predicted molar refractivity (Wildman–Crippen MR) is 105 cm³/mol. The van der Waals surface area contributed by atoms with Crippen molar-refractivity contribution in [3.63, 3.8) is 0 Å². The number of alkyl carbamates (subject to hydrolysis) is 1. The normalized spacial score (nSPS) is 25.3. The molecule has 1 aromatic carbocycles. The van der Waals surface area contributed by atoms with Gasteiger partial charge in [-0.05, 0) is 60.1 Å². The standard InChI is InChI=1S/C21H30N2O4/c1-11-9-13-12(2)21(8,10-22-18(25)27-19(3,4)5)26-16(13)14-15(11)23-17(24)20(14,6)7/h9,12H,10H2,1-8H3,(H,22,25)(H,23,24)/t12-,21+/m1/s1. The second kappa shape index (κ2) is 5.88. The fourth-order valence-corrected chi connectivity index (χ4v) is 3.80. The Kier molecular flexibility index (Phi) is 4.25. The van der Waals surface area contributed by atoms with Crippen LogP contribution in [0.4, 0.5) is 10.5 Å². The van der Waals surface area contributed by atoms with Gasteiger partial charge in [-0.3, -0.25) is 4.79 Å². The van der Waals surface area contributed by atoms with E-state index in [0.29, 0.717) is 6.54 Å². The third-order valence-corrected chi connectivity index (χ3v) is 5.64. The fourth-order valence-electron chi connectivity index (χ4n) is 3.80. The molecule has 0 spiro atoms. The van der Waals surface area contributed by atoms with E-state index in [9.17, 15) is 9.59 Å².